The standard InChI is InChI=1S/C30H42N4O3/c1-21-10-6-8-12-24(21)32-27(35)31-16-17-34(28(36)33-25-13-9-7-11-22(25)2)18-19-37-26-20-23-14-15-30(26,5)29(23,3)4/h6-13,23,26H,14-20H2,1-5H3,(H,33,36)(H2,31,32,35)/t23-,26+,30+/m0/s1. The van der Waals surface area contributed by atoms with Crippen LogP contribution in [0, 0.1) is 30.6 Å². The zero-order valence-corrected chi connectivity index (χ0v) is 22.9. The third-order valence-electron chi connectivity index (χ3n) is 9.13. The first-order valence-electron chi connectivity index (χ1n) is 13.5. The van der Waals surface area contributed by atoms with E-state index in [0.29, 0.717) is 32.2 Å². The molecular formula is C30H42N4O3. The van der Waals surface area contributed by atoms with Gasteiger partial charge < -0.3 is 25.6 Å². The predicted molar refractivity (Wildman–Crippen MR) is 149 cm³/mol. The maximum Gasteiger partial charge on any atom is 0.321 e. The fraction of sp³-hybridized carbons (Fsp3) is 0.533. The van der Waals surface area contributed by atoms with Crippen LogP contribution in [0.25, 0.3) is 0 Å². The molecule has 2 saturated carbocycles. The summed E-state index contributed by atoms with van der Waals surface area (Å²) in [4.78, 5) is 27.4. The van der Waals surface area contributed by atoms with Gasteiger partial charge in [-0.3, -0.25) is 0 Å². The molecule has 2 aromatic rings. The summed E-state index contributed by atoms with van der Waals surface area (Å²) in [6, 6.07) is 14.9. The number of rotatable bonds is 9. The largest absolute Gasteiger partial charge is 0.376 e. The van der Waals surface area contributed by atoms with Gasteiger partial charge >= 0.3 is 12.1 Å². The van der Waals surface area contributed by atoms with Crippen molar-refractivity contribution in [3.8, 4) is 0 Å². The molecule has 3 atom stereocenters. The summed E-state index contributed by atoms with van der Waals surface area (Å²) < 4.78 is 6.43. The van der Waals surface area contributed by atoms with Gasteiger partial charge in [-0.25, -0.2) is 9.59 Å². The number of nitrogens with zero attached hydrogens (tertiary/aromatic N) is 1. The molecule has 4 amide bonds. The van der Waals surface area contributed by atoms with E-state index in [1.807, 2.05) is 62.4 Å². The minimum absolute atomic E-state index is 0.182. The molecule has 2 fully saturated rings. The highest BCUT2D eigenvalue weighted by Gasteiger charge is 2.61. The van der Waals surface area contributed by atoms with Crippen LogP contribution >= 0.6 is 0 Å². The summed E-state index contributed by atoms with van der Waals surface area (Å²) in [7, 11) is 0. The van der Waals surface area contributed by atoms with E-state index in [2.05, 4.69) is 36.7 Å². The van der Waals surface area contributed by atoms with Crippen LogP contribution in [-0.2, 0) is 4.74 Å². The monoisotopic (exact) mass is 506 g/mol. The summed E-state index contributed by atoms with van der Waals surface area (Å²) >= 11 is 0. The lowest BCUT2D eigenvalue weighted by Crippen LogP contribution is -2.44. The number of nitrogens with one attached hydrogen (secondary N) is 3. The summed E-state index contributed by atoms with van der Waals surface area (Å²) in [5.41, 5.74) is 4.01. The van der Waals surface area contributed by atoms with Crippen LogP contribution in [0.5, 0.6) is 0 Å². The lowest BCUT2D eigenvalue weighted by Gasteiger charge is -2.39. The molecule has 37 heavy (non-hydrogen) atoms. The van der Waals surface area contributed by atoms with Crippen molar-refractivity contribution in [3.63, 3.8) is 0 Å². The Morgan fingerprint density at radius 2 is 1.57 bits per heavy atom. The normalized spacial score (nSPS) is 23.5. The molecule has 7 heteroatoms. The predicted octanol–water partition coefficient (Wildman–Crippen LogP) is 6.19. The van der Waals surface area contributed by atoms with E-state index >= 15 is 0 Å². The first-order valence-corrected chi connectivity index (χ1v) is 13.5. The fourth-order valence-electron chi connectivity index (χ4n) is 6.09. The molecule has 0 aromatic heterocycles. The second-order valence-corrected chi connectivity index (χ2v) is 11.4. The van der Waals surface area contributed by atoms with Crippen LogP contribution in [0.1, 0.15) is 51.2 Å². The summed E-state index contributed by atoms with van der Waals surface area (Å²) in [5, 5.41) is 8.78. The number of amides is 4. The van der Waals surface area contributed by atoms with Gasteiger partial charge in [-0.1, -0.05) is 57.2 Å². The molecule has 200 valence electrons. The molecule has 2 bridgehead atoms. The van der Waals surface area contributed by atoms with Gasteiger partial charge in [0.25, 0.3) is 0 Å². The second-order valence-electron chi connectivity index (χ2n) is 11.4. The van der Waals surface area contributed by atoms with Crippen molar-refractivity contribution >= 4 is 23.4 Å². The maximum atomic E-state index is 13.2. The van der Waals surface area contributed by atoms with Crippen molar-refractivity contribution in [3.05, 3.63) is 59.7 Å². The summed E-state index contributed by atoms with van der Waals surface area (Å²) in [6.45, 7) is 12.7. The number of para-hydroxylation sites is 2. The Morgan fingerprint density at radius 3 is 2.14 bits per heavy atom. The Balaban J connectivity index is 1.33. The van der Waals surface area contributed by atoms with E-state index in [0.717, 1.165) is 28.9 Å². The summed E-state index contributed by atoms with van der Waals surface area (Å²) in [6.07, 6.45) is 3.80. The number of anilines is 2. The van der Waals surface area contributed by atoms with Crippen molar-refractivity contribution < 1.29 is 14.3 Å². The van der Waals surface area contributed by atoms with Crippen molar-refractivity contribution in [1.82, 2.24) is 10.2 Å². The molecule has 0 aliphatic heterocycles. The van der Waals surface area contributed by atoms with E-state index in [1.165, 1.54) is 12.8 Å². The van der Waals surface area contributed by atoms with Crippen molar-refractivity contribution in [2.24, 2.45) is 16.7 Å². The summed E-state index contributed by atoms with van der Waals surface area (Å²) in [5.74, 6) is 0.707. The molecule has 2 aromatic carbocycles. The SMILES string of the molecule is Cc1ccccc1NC(=O)NCCN(CCO[C@@H]1C[C@@H]2CC[C@@]1(C)C2(C)C)C(=O)Nc1ccccc1C. The number of benzene rings is 2. The highest BCUT2D eigenvalue weighted by atomic mass is 16.5. The van der Waals surface area contributed by atoms with E-state index in [1.54, 1.807) is 4.90 Å². The van der Waals surface area contributed by atoms with Crippen LogP contribution in [0.15, 0.2) is 48.5 Å². The molecular weight excluding hydrogens is 464 g/mol. The molecule has 2 aliphatic carbocycles. The fourth-order valence-corrected chi connectivity index (χ4v) is 6.09. The first-order chi connectivity index (χ1) is 17.6. The Bertz CT molecular complexity index is 1120. The van der Waals surface area contributed by atoms with Gasteiger partial charge in [-0.15, -0.1) is 0 Å². The average Bonchev–Trinajstić information content (AvgIpc) is 3.19. The molecule has 2 aliphatic rings. The Hall–Kier alpha value is -3.06. The lowest BCUT2D eigenvalue weighted by molar-refractivity contribution is -0.0494. The van der Waals surface area contributed by atoms with Crippen LogP contribution in [0.3, 0.4) is 0 Å². The topological polar surface area (TPSA) is 82.7 Å². The molecule has 7 nitrogen and oxygen atoms in total. The number of carbonyl (C=O) groups is 2. The van der Waals surface area contributed by atoms with Crippen molar-refractivity contribution in [1.29, 1.82) is 0 Å². The third kappa shape index (κ3) is 5.77. The van der Waals surface area contributed by atoms with Gasteiger partial charge in [0, 0.05) is 31.0 Å². The van der Waals surface area contributed by atoms with Gasteiger partial charge in [-0.05, 0) is 73.1 Å². The van der Waals surface area contributed by atoms with Gasteiger partial charge in [-0.2, -0.15) is 0 Å². The van der Waals surface area contributed by atoms with E-state index in [4.69, 9.17) is 4.74 Å². The van der Waals surface area contributed by atoms with E-state index < -0.39 is 0 Å². The number of carbonyl (C=O) groups excluding carboxylic acids is 2. The van der Waals surface area contributed by atoms with Gasteiger partial charge in [0.15, 0.2) is 0 Å². The Kier molecular flexibility index (Phi) is 8.12. The minimum Gasteiger partial charge on any atom is -0.376 e. The maximum absolute atomic E-state index is 13.2. The molecule has 4 rings (SSSR count). The number of fused-ring (bicyclic) bond motifs is 2. The molecule has 0 unspecified atom stereocenters. The first kappa shape index (κ1) is 27.0. The third-order valence-corrected chi connectivity index (χ3v) is 9.13. The zero-order valence-electron chi connectivity index (χ0n) is 22.9. The number of ether oxygens (including phenoxy) is 1. The van der Waals surface area contributed by atoms with Gasteiger partial charge in [0.05, 0.1) is 12.7 Å². The van der Waals surface area contributed by atoms with Crippen molar-refractivity contribution in [2.75, 3.05) is 36.9 Å². The lowest BCUT2D eigenvalue weighted by atomic mass is 9.70. The number of hydrogen-bond donors (Lipinski definition) is 3. The van der Waals surface area contributed by atoms with Gasteiger partial charge in [0.2, 0.25) is 0 Å². The molecule has 0 radical (unpaired) electrons. The molecule has 0 heterocycles. The van der Waals surface area contributed by atoms with E-state index in [-0.39, 0.29) is 29.0 Å². The smallest absolute Gasteiger partial charge is 0.321 e. The van der Waals surface area contributed by atoms with Crippen LogP contribution in [0.2, 0.25) is 0 Å². The zero-order chi connectivity index (χ0) is 26.6. The highest BCUT2D eigenvalue weighted by molar-refractivity contribution is 5.91. The van der Waals surface area contributed by atoms with Crippen molar-refractivity contribution in [2.45, 2.75) is 60.0 Å². The van der Waals surface area contributed by atoms with Crippen LogP contribution < -0.4 is 16.0 Å². The van der Waals surface area contributed by atoms with E-state index in [9.17, 15) is 9.59 Å². The van der Waals surface area contributed by atoms with Gasteiger partial charge in [0.1, 0.15) is 0 Å². The Morgan fingerprint density at radius 1 is 0.946 bits per heavy atom. The quantitative estimate of drug-likeness (QED) is 0.379. The number of hydrogen-bond acceptors (Lipinski definition) is 3. The average molecular weight is 507 g/mol. The van der Waals surface area contributed by atoms with Crippen LogP contribution in [0.4, 0.5) is 21.0 Å². The Labute approximate surface area is 221 Å². The highest BCUT2D eigenvalue weighted by Crippen LogP contribution is 2.66. The number of urea groups is 2. The molecule has 3 N–H and O–H groups in total. The molecule has 0 saturated heterocycles. The second kappa shape index (κ2) is 11.1. The number of aryl methyl sites for hydroxylation is 2. The molecule has 0 spiro atoms. The van der Waals surface area contributed by atoms with Crippen LogP contribution in [-0.4, -0.2) is 49.3 Å². The minimum atomic E-state index is -0.290.